The van der Waals surface area contributed by atoms with Gasteiger partial charge in [0.1, 0.15) is 0 Å². The molecular weight excluding hydrogens is 224 g/mol. The molecule has 0 rings (SSSR count). The number of carbonyl (C=O) groups excluding carboxylic acids is 1. The van der Waals surface area contributed by atoms with Gasteiger partial charge in [-0.2, -0.15) is 0 Å². The predicted octanol–water partition coefficient (Wildman–Crippen LogP) is 4.66. The Balaban J connectivity index is 5.02. The molecule has 104 valence electrons. The molecule has 0 aromatic rings. The lowest BCUT2D eigenvalue weighted by Crippen LogP contribution is -2.12. The molecule has 18 heavy (non-hydrogen) atoms. The van der Waals surface area contributed by atoms with Crippen molar-refractivity contribution in [1.82, 2.24) is 0 Å². The summed E-state index contributed by atoms with van der Waals surface area (Å²) in [6, 6.07) is 0. The minimum Gasteiger partial charge on any atom is -0.463 e. The Kier molecular flexibility index (Phi) is 6.97. The van der Waals surface area contributed by atoms with Crippen molar-refractivity contribution >= 4 is 5.97 Å². The van der Waals surface area contributed by atoms with Crippen LogP contribution in [0.2, 0.25) is 0 Å². The number of ether oxygens (including phenoxy) is 1. The van der Waals surface area contributed by atoms with Crippen LogP contribution >= 0.6 is 0 Å². The van der Waals surface area contributed by atoms with Crippen molar-refractivity contribution in [1.29, 1.82) is 0 Å². The van der Waals surface area contributed by atoms with Crippen molar-refractivity contribution in [3.05, 3.63) is 22.8 Å². The normalized spacial score (nSPS) is 12.3. The SMILES string of the molecule is CCOC(=O)C(C)=CC(CC(C)(C)CC)=C(C)C. The summed E-state index contributed by atoms with van der Waals surface area (Å²) in [4.78, 5) is 11.6. The van der Waals surface area contributed by atoms with E-state index in [4.69, 9.17) is 4.74 Å². The molecule has 0 aliphatic carbocycles. The average molecular weight is 252 g/mol. The van der Waals surface area contributed by atoms with E-state index in [2.05, 4.69) is 34.6 Å². The third-order valence-electron chi connectivity index (χ3n) is 3.26. The highest BCUT2D eigenvalue weighted by molar-refractivity contribution is 5.88. The van der Waals surface area contributed by atoms with Gasteiger partial charge >= 0.3 is 5.97 Å². The summed E-state index contributed by atoms with van der Waals surface area (Å²) in [6.45, 7) is 15.0. The molecule has 0 amide bonds. The fraction of sp³-hybridized carbons (Fsp3) is 0.688. The van der Waals surface area contributed by atoms with Crippen LogP contribution in [0.5, 0.6) is 0 Å². The topological polar surface area (TPSA) is 26.3 Å². The van der Waals surface area contributed by atoms with Crippen LogP contribution in [0.25, 0.3) is 0 Å². The van der Waals surface area contributed by atoms with E-state index in [0.29, 0.717) is 12.2 Å². The molecule has 0 aliphatic rings. The molecule has 0 N–H and O–H groups in total. The van der Waals surface area contributed by atoms with Crippen molar-refractivity contribution in [2.45, 2.75) is 61.3 Å². The largest absolute Gasteiger partial charge is 0.463 e. The fourth-order valence-electron chi connectivity index (χ4n) is 1.58. The summed E-state index contributed by atoms with van der Waals surface area (Å²) in [5, 5.41) is 0. The van der Waals surface area contributed by atoms with Crippen LogP contribution < -0.4 is 0 Å². The van der Waals surface area contributed by atoms with E-state index in [1.807, 2.05) is 19.9 Å². The van der Waals surface area contributed by atoms with E-state index >= 15 is 0 Å². The second kappa shape index (κ2) is 7.40. The first-order valence-corrected chi connectivity index (χ1v) is 6.75. The summed E-state index contributed by atoms with van der Waals surface area (Å²) < 4.78 is 5.01. The minimum absolute atomic E-state index is 0.217. The number of esters is 1. The zero-order valence-corrected chi connectivity index (χ0v) is 13.0. The molecule has 0 bridgehead atoms. The van der Waals surface area contributed by atoms with Gasteiger partial charge in [-0.05, 0) is 51.2 Å². The molecule has 0 heterocycles. The van der Waals surface area contributed by atoms with Gasteiger partial charge in [-0.1, -0.05) is 32.8 Å². The molecule has 0 radical (unpaired) electrons. The van der Waals surface area contributed by atoms with Crippen molar-refractivity contribution in [2.75, 3.05) is 6.61 Å². The van der Waals surface area contributed by atoms with Gasteiger partial charge in [0.25, 0.3) is 0 Å². The zero-order valence-electron chi connectivity index (χ0n) is 13.0. The Bertz CT molecular complexity index is 342. The summed E-state index contributed by atoms with van der Waals surface area (Å²) >= 11 is 0. The highest BCUT2D eigenvalue weighted by atomic mass is 16.5. The first kappa shape index (κ1) is 16.9. The van der Waals surface area contributed by atoms with Crippen molar-refractivity contribution in [2.24, 2.45) is 5.41 Å². The summed E-state index contributed by atoms with van der Waals surface area (Å²) in [5.41, 5.74) is 3.45. The summed E-state index contributed by atoms with van der Waals surface area (Å²) in [7, 11) is 0. The smallest absolute Gasteiger partial charge is 0.333 e. The standard InChI is InChI=1S/C16H28O2/c1-8-16(6,7)11-14(12(3)4)10-13(5)15(17)18-9-2/h10H,8-9,11H2,1-7H3. The molecule has 0 atom stereocenters. The van der Waals surface area contributed by atoms with E-state index < -0.39 is 0 Å². The Morgan fingerprint density at radius 1 is 1.17 bits per heavy atom. The van der Waals surface area contributed by atoms with Gasteiger partial charge in [-0.25, -0.2) is 4.79 Å². The Hall–Kier alpha value is -1.05. The molecule has 0 aromatic carbocycles. The second-order valence-corrected chi connectivity index (χ2v) is 5.77. The monoisotopic (exact) mass is 252 g/mol. The lowest BCUT2D eigenvalue weighted by atomic mass is 9.81. The second-order valence-electron chi connectivity index (χ2n) is 5.77. The highest BCUT2D eigenvalue weighted by Gasteiger charge is 2.18. The summed E-state index contributed by atoms with van der Waals surface area (Å²) in [5.74, 6) is -0.217. The molecule has 0 saturated heterocycles. The maximum atomic E-state index is 11.6. The molecule has 2 heteroatoms. The van der Waals surface area contributed by atoms with Crippen LogP contribution in [0, 0.1) is 5.41 Å². The lowest BCUT2D eigenvalue weighted by molar-refractivity contribution is -0.138. The quantitative estimate of drug-likeness (QED) is 0.390. The molecule has 0 aromatic heterocycles. The third kappa shape index (κ3) is 6.04. The number of rotatable bonds is 6. The minimum atomic E-state index is -0.217. The van der Waals surface area contributed by atoms with Crippen molar-refractivity contribution < 1.29 is 9.53 Å². The molecular formula is C16H28O2. The first-order chi connectivity index (χ1) is 8.23. The maximum Gasteiger partial charge on any atom is 0.333 e. The molecule has 0 unspecified atom stereocenters. The number of hydrogen-bond acceptors (Lipinski definition) is 2. The van der Waals surface area contributed by atoms with E-state index in [0.717, 1.165) is 12.8 Å². The van der Waals surface area contributed by atoms with Gasteiger partial charge in [0.2, 0.25) is 0 Å². The van der Waals surface area contributed by atoms with Crippen LogP contribution in [-0.2, 0) is 9.53 Å². The van der Waals surface area contributed by atoms with Crippen LogP contribution in [-0.4, -0.2) is 12.6 Å². The molecule has 0 saturated carbocycles. The van der Waals surface area contributed by atoms with E-state index in [1.54, 1.807) is 0 Å². The van der Waals surface area contributed by atoms with Gasteiger partial charge in [0, 0.05) is 5.57 Å². The zero-order chi connectivity index (χ0) is 14.3. The van der Waals surface area contributed by atoms with E-state index in [1.165, 1.54) is 11.1 Å². The molecule has 0 fully saturated rings. The Morgan fingerprint density at radius 3 is 2.11 bits per heavy atom. The number of allylic oxidation sites excluding steroid dienone is 3. The molecule has 0 aliphatic heterocycles. The fourth-order valence-corrected chi connectivity index (χ4v) is 1.58. The van der Waals surface area contributed by atoms with E-state index in [-0.39, 0.29) is 11.4 Å². The molecule has 2 nitrogen and oxygen atoms in total. The van der Waals surface area contributed by atoms with Gasteiger partial charge < -0.3 is 4.74 Å². The van der Waals surface area contributed by atoms with Gasteiger partial charge in [-0.3, -0.25) is 0 Å². The van der Waals surface area contributed by atoms with E-state index in [9.17, 15) is 4.79 Å². The van der Waals surface area contributed by atoms with Gasteiger partial charge in [-0.15, -0.1) is 0 Å². The number of hydrogen-bond donors (Lipinski definition) is 0. The third-order valence-corrected chi connectivity index (χ3v) is 3.26. The van der Waals surface area contributed by atoms with Crippen LogP contribution in [0.4, 0.5) is 0 Å². The lowest BCUT2D eigenvalue weighted by Gasteiger charge is -2.24. The van der Waals surface area contributed by atoms with Crippen molar-refractivity contribution in [3.63, 3.8) is 0 Å². The van der Waals surface area contributed by atoms with Crippen LogP contribution in [0.15, 0.2) is 22.8 Å². The number of carbonyl (C=O) groups is 1. The van der Waals surface area contributed by atoms with Crippen molar-refractivity contribution in [3.8, 4) is 0 Å². The van der Waals surface area contributed by atoms with Gasteiger partial charge in [0.15, 0.2) is 0 Å². The Morgan fingerprint density at radius 2 is 1.72 bits per heavy atom. The first-order valence-electron chi connectivity index (χ1n) is 6.75. The average Bonchev–Trinajstić information content (AvgIpc) is 2.28. The maximum absolute atomic E-state index is 11.6. The summed E-state index contributed by atoms with van der Waals surface area (Å²) in [6.07, 6.45) is 4.09. The molecule has 0 spiro atoms. The van der Waals surface area contributed by atoms with Gasteiger partial charge in [0.05, 0.1) is 6.61 Å². The predicted molar refractivity (Wildman–Crippen MR) is 77.5 cm³/mol. The highest BCUT2D eigenvalue weighted by Crippen LogP contribution is 2.31. The van der Waals surface area contributed by atoms with Crippen LogP contribution in [0.1, 0.15) is 61.3 Å². The Labute approximate surface area is 112 Å². The van der Waals surface area contributed by atoms with Crippen LogP contribution in [0.3, 0.4) is 0 Å².